The van der Waals surface area contributed by atoms with Crippen LogP contribution in [0, 0.1) is 0 Å². The van der Waals surface area contributed by atoms with E-state index in [2.05, 4.69) is 5.32 Å². The summed E-state index contributed by atoms with van der Waals surface area (Å²) in [7, 11) is 0. The number of ether oxygens (including phenoxy) is 2. The lowest BCUT2D eigenvalue weighted by atomic mass is 9.97. The average molecular weight is 458 g/mol. The van der Waals surface area contributed by atoms with Gasteiger partial charge in [0.25, 0.3) is 5.91 Å². The van der Waals surface area contributed by atoms with Crippen LogP contribution in [0.3, 0.4) is 0 Å². The molecule has 0 saturated carbocycles. The third-order valence-corrected chi connectivity index (χ3v) is 6.79. The number of anilines is 1. The van der Waals surface area contributed by atoms with Crippen LogP contribution >= 0.6 is 11.3 Å². The van der Waals surface area contributed by atoms with Crippen molar-refractivity contribution in [2.24, 2.45) is 0 Å². The molecular weight excluding hydrogens is 422 g/mol. The van der Waals surface area contributed by atoms with Crippen molar-refractivity contribution in [2.45, 2.75) is 84.2 Å². The summed E-state index contributed by atoms with van der Waals surface area (Å²) in [6.45, 7) is 3.59. The molecule has 1 amide bonds. The Morgan fingerprint density at radius 3 is 2.22 bits per heavy atom. The molecule has 1 aliphatic carbocycles. The van der Waals surface area contributed by atoms with Gasteiger partial charge in [0.05, 0.1) is 11.7 Å². The summed E-state index contributed by atoms with van der Waals surface area (Å²) in [5.41, 5.74) is 1.62. The third-order valence-electron chi connectivity index (χ3n) is 5.58. The molecule has 3 rings (SSSR count). The first-order chi connectivity index (χ1) is 15.5. The molecule has 6 heteroatoms. The molecule has 1 N–H and O–H groups in total. The summed E-state index contributed by atoms with van der Waals surface area (Å²) in [6.07, 6.45) is 11.2. The standard InChI is InChI=1S/C26H35NO4S/c1-19(2)31-26(29)24-21-16-12-7-5-3-4-6-8-13-17-22(21)32-25(24)27-23(28)18-30-20-14-10-9-11-15-20/h9-11,14-15,19H,3-8,12-13,16-18H2,1-2H3,(H,27,28). The van der Waals surface area contributed by atoms with E-state index in [4.69, 9.17) is 9.47 Å². The molecule has 0 bridgehead atoms. The van der Waals surface area contributed by atoms with Crippen molar-refractivity contribution < 1.29 is 19.1 Å². The number of fused-ring (bicyclic) bond motifs is 1. The normalized spacial score (nSPS) is 15.2. The lowest BCUT2D eigenvalue weighted by molar-refractivity contribution is -0.118. The van der Waals surface area contributed by atoms with E-state index in [0.717, 1.165) is 31.2 Å². The summed E-state index contributed by atoms with van der Waals surface area (Å²) in [6, 6.07) is 9.25. The fourth-order valence-corrected chi connectivity index (χ4v) is 5.33. The second-order valence-corrected chi connectivity index (χ2v) is 9.75. The van der Waals surface area contributed by atoms with Crippen LogP contribution in [-0.2, 0) is 22.4 Å². The van der Waals surface area contributed by atoms with E-state index in [1.165, 1.54) is 54.7 Å². The Balaban J connectivity index is 1.81. The predicted octanol–water partition coefficient (Wildman–Crippen LogP) is 6.55. The summed E-state index contributed by atoms with van der Waals surface area (Å²) in [5, 5.41) is 3.54. The van der Waals surface area contributed by atoms with Gasteiger partial charge >= 0.3 is 5.97 Å². The molecule has 1 aliphatic rings. The zero-order valence-corrected chi connectivity index (χ0v) is 20.1. The zero-order chi connectivity index (χ0) is 22.8. The summed E-state index contributed by atoms with van der Waals surface area (Å²) in [4.78, 5) is 26.9. The fraction of sp³-hybridized carbons (Fsp3) is 0.538. The van der Waals surface area contributed by atoms with E-state index in [-0.39, 0.29) is 24.6 Å². The molecule has 1 aromatic heterocycles. The first-order valence-electron chi connectivity index (χ1n) is 11.9. The van der Waals surface area contributed by atoms with Crippen molar-refractivity contribution in [3.05, 3.63) is 46.3 Å². The molecule has 0 radical (unpaired) electrons. The predicted molar refractivity (Wildman–Crippen MR) is 130 cm³/mol. The Bertz CT molecular complexity index is 875. The number of esters is 1. The van der Waals surface area contributed by atoms with Crippen LogP contribution in [0.1, 0.15) is 86.0 Å². The highest BCUT2D eigenvalue weighted by molar-refractivity contribution is 7.17. The molecule has 0 spiro atoms. The van der Waals surface area contributed by atoms with Gasteiger partial charge in [-0.15, -0.1) is 11.3 Å². The van der Waals surface area contributed by atoms with Gasteiger partial charge in [-0.3, -0.25) is 4.79 Å². The molecular formula is C26H35NO4S. The van der Waals surface area contributed by atoms with Crippen molar-refractivity contribution in [3.8, 4) is 5.75 Å². The molecule has 0 saturated heterocycles. The second-order valence-electron chi connectivity index (χ2n) is 8.64. The SMILES string of the molecule is CC(C)OC(=O)c1c(NC(=O)COc2ccccc2)sc2c1CCCCCCCCCC2. The first kappa shape index (κ1) is 24.3. The van der Waals surface area contributed by atoms with Crippen molar-refractivity contribution in [1.29, 1.82) is 0 Å². The van der Waals surface area contributed by atoms with Crippen molar-refractivity contribution in [3.63, 3.8) is 0 Å². The molecule has 0 fully saturated rings. The van der Waals surface area contributed by atoms with E-state index in [0.29, 0.717) is 16.3 Å². The minimum Gasteiger partial charge on any atom is -0.484 e. The molecule has 2 aromatic rings. The molecule has 5 nitrogen and oxygen atoms in total. The van der Waals surface area contributed by atoms with Gasteiger partial charge < -0.3 is 14.8 Å². The van der Waals surface area contributed by atoms with Gasteiger partial charge in [0.2, 0.25) is 0 Å². The maximum Gasteiger partial charge on any atom is 0.341 e. The van der Waals surface area contributed by atoms with E-state index in [1.807, 2.05) is 44.2 Å². The minimum absolute atomic E-state index is 0.106. The number of carbonyl (C=O) groups excluding carboxylic acids is 2. The van der Waals surface area contributed by atoms with Crippen LogP contribution in [0.15, 0.2) is 30.3 Å². The smallest absolute Gasteiger partial charge is 0.341 e. The third kappa shape index (κ3) is 7.37. The topological polar surface area (TPSA) is 64.6 Å². The van der Waals surface area contributed by atoms with Crippen LogP contribution in [0.5, 0.6) is 5.75 Å². The second kappa shape index (κ2) is 12.6. The van der Waals surface area contributed by atoms with Gasteiger partial charge in [0, 0.05) is 4.88 Å². The van der Waals surface area contributed by atoms with Gasteiger partial charge in [0.15, 0.2) is 6.61 Å². The number of carbonyl (C=O) groups is 2. The van der Waals surface area contributed by atoms with Gasteiger partial charge in [-0.25, -0.2) is 4.79 Å². The zero-order valence-electron chi connectivity index (χ0n) is 19.3. The highest BCUT2D eigenvalue weighted by Gasteiger charge is 2.26. The van der Waals surface area contributed by atoms with E-state index in [1.54, 1.807) is 0 Å². The Morgan fingerprint density at radius 1 is 0.938 bits per heavy atom. The number of benzene rings is 1. The Kier molecular flexibility index (Phi) is 9.60. The molecule has 1 aromatic carbocycles. The van der Waals surface area contributed by atoms with Gasteiger partial charge in [-0.05, 0) is 57.2 Å². The molecule has 0 unspecified atom stereocenters. The number of amides is 1. The molecule has 174 valence electrons. The molecule has 1 heterocycles. The summed E-state index contributed by atoms with van der Waals surface area (Å²) < 4.78 is 11.2. The average Bonchev–Trinajstić information content (AvgIpc) is 3.09. The Morgan fingerprint density at radius 2 is 1.56 bits per heavy atom. The lowest BCUT2D eigenvalue weighted by Crippen LogP contribution is -2.22. The fourth-order valence-electron chi connectivity index (χ4n) is 4.03. The molecule has 32 heavy (non-hydrogen) atoms. The summed E-state index contributed by atoms with van der Waals surface area (Å²) in [5.74, 6) is 0.0220. The van der Waals surface area contributed by atoms with E-state index in [9.17, 15) is 9.59 Å². The van der Waals surface area contributed by atoms with Crippen LogP contribution in [-0.4, -0.2) is 24.6 Å². The first-order valence-corrected chi connectivity index (χ1v) is 12.7. The molecule has 0 atom stereocenters. The maximum absolute atomic E-state index is 13.0. The number of nitrogens with one attached hydrogen (secondary N) is 1. The van der Waals surface area contributed by atoms with E-state index < -0.39 is 0 Å². The van der Waals surface area contributed by atoms with Crippen LogP contribution in [0.4, 0.5) is 5.00 Å². The number of hydrogen-bond acceptors (Lipinski definition) is 5. The summed E-state index contributed by atoms with van der Waals surface area (Å²) >= 11 is 1.53. The van der Waals surface area contributed by atoms with Crippen LogP contribution < -0.4 is 10.1 Å². The van der Waals surface area contributed by atoms with Crippen molar-refractivity contribution >= 4 is 28.2 Å². The van der Waals surface area contributed by atoms with Crippen LogP contribution in [0.2, 0.25) is 0 Å². The minimum atomic E-state index is -0.344. The monoisotopic (exact) mass is 457 g/mol. The lowest BCUT2D eigenvalue weighted by Gasteiger charge is -2.13. The number of para-hydroxylation sites is 1. The number of rotatable bonds is 6. The highest BCUT2D eigenvalue weighted by Crippen LogP contribution is 2.37. The van der Waals surface area contributed by atoms with Crippen LogP contribution in [0.25, 0.3) is 0 Å². The number of hydrogen-bond donors (Lipinski definition) is 1. The quantitative estimate of drug-likeness (QED) is 0.500. The van der Waals surface area contributed by atoms with Gasteiger partial charge in [-0.1, -0.05) is 56.7 Å². The van der Waals surface area contributed by atoms with Crippen molar-refractivity contribution in [1.82, 2.24) is 0 Å². The van der Waals surface area contributed by atoms with Crippen molar-refractivity contribution in [2.75, 3.05) is 11.9 Å². The van der Waals surface area contributed by atoms with Gasteiger partial charge in [0.1, 0.15) is 10.8 Å². The Labute approximate surface area is 195 Å². The number of thiophene rings is 1. The number of aryl methyl sites for hydroxylation is 1. The maximum atomic E-state index is 13.0. The molecule has 0 aliphatic heterocycles. The highest BCUT2D eigenvalue weighted by atomic mass is 32.1. The Hall–Kier alpha value is -2.34. The largest absolute Gasteiger partial charge is 0.484 e. The van der Waals surface area contributed by atoms with Gasteiger partial charge in [-0.2, -0.15) is 0 Å². The van der Waals surface area contributed by atoms with E-state index >= 15 is 0 Å².